The molecule has 0 radical (unpaired) electrons. The second-order valence-electron chi connectivity index (χ2n) is 7.45. The van der Waals surface area contributed by atoms with Crippen molar-refractivity contribution in [3.8, 4) is 5.75 Å². The Balaban J connectivity index is 1.57. The van der Waals surface area contributed by atoms with Crippen LogP contribution in [0.5, 0.6) is 5.75 Å². The number of nitrogens with zero attached hydrogens (tertiary/aromatic N) is 2. The molecule has 1 fully saturated rings. The summed E-state index contributed by atoms with van der Waals surface area (Å²) in [5.74, 6) is -9.28. The van der Waals surface area contributed by atoms with Crippen LogP contribution in [-0.2, 0) is 4.79 Å². The molecule has 1 heterocycles. The minimum atomic E-state index is -2.19. The highest BCUT2D eigenvalue weighted by atomic mass is 19.2. The Labute approximate surface area is 177 Å². The summed E-state index contributed by atoms with van der Waals surface area (Å²) in [6.45, 7) is 3.97. The first-order chi connectivity index (χ1) is 14.7. The molecule has 0 N–H and O–H groups in total. The smallest absolute Gasteiger partial charge is 0.260 e. The van der Waals surface area contributed by atoms with E-state index in [2.05, 4.69) is 13.8 Å². The van der Waals surface area contributed by atoms with E-state index < -0.39 is 34.8 Å². The van der Waals surface area contributed by atoms with E-state index in [1.807, 2.05) is 12.1 Å². The molecule has 1 aliphatic heterocycles. The first-order valence-electron chi connectivity index (χ1n) is 10.0. The van der Waals surface area contributed by atoms with Crippen LogP contribution >= 0.6 is 0 Å². The van der Waals surface area contributed by atoms with Gasteiger partial charge in [-0.15, -0.1) is 0 Å². The van der Waals surface area contributed by atoms with Gasteiger partial charge in [0.05, 0.1) is 0 Å². The van der Waals surface area contributed by atoms with E-state index in [0.717, 1.165) is 11.3 Å². The third kappa shape index (κ3) is 4.75. The number of carbonyl (C=O) groups excluding carboxylic acids is 1. The first kappa shape index (κ1) is 22.8. The molecule has 31 heavy (non-hydrogen) atoms. The molecule has 1 amide bonds. The predicted octanol–water partition coefficient (Wildman–Crippen LogP) is 4.62. The number of benzene rings is 2. The van der Waals surface area contributed by atoms with Crippen LogP contribution in [0.3, 0.4) is 0 Å². The molecular formula is C22H23F5N2O2. The lowest BCUT2D eigenvalue weighted by molar-refractivity contribution is -0.133. The van der Waals surface area contributed by atoms with Gasteiger partial charge in [-0.25, -0.2) is 22.0 Å². The number of ether oxygens (including phenoxy) is 1. The molecule has 1 saturated heterocycles. The van der Waals surface area contributed by atoms with Gasteiger partial charge in [-0.1, -0.05) is 26.0 Å². The van der Waals surface area contributed by atoms with Gasteiger partial charge in [-0.3, -0.25) is 4.79 Å². The maximum Gasteiger partial charge on any atom is 0.260 e. The van der Waals surface area contributed by atoms with Crippen molar-refractivity contribution in [2.75, 3.05) is 37.7 Å². The van der Waals surface area contributed by atoms with Crippen molar-refractivity contribution < 1.29 is 31.5 Å². The van der Waals surface area contributed by atoms with Crippen LogP contribution in [0.1, 0.15) is 31.7 Å². The van der Waals surface area contributed by atoms with Gasteiger partial charge in [0.2, 0.25) is 5.82 Å². The summed E-state index contributed by atoms with van der Waals surface area (Å²) in [5, 5.41) is 0. The van der Waals surface area contributed by atoms with Gasteiger partial charge < -0.3 is 14.5 Å². The summed E-state index contributed by atoms with van der Waals surface area (Å²) in [7, 11) is 0. The zero-order valence-electron chi connectivity index (χ0n) is 17.2. The van der Waals surface area contributed by atoms with Crippen LogP contribution in [0, 0.1) is 29.1 Å². The Morgan fingerprint density at radius 2 is 1.42 bits per heavy atom. The Morgan fingerprint density at radius 1 is 0.903 bits per heavy atom. The van der Waals surface area contributed by atoms with E-state index in [0.29, 0.717) is 11.7 Å². The lowest BCUT2D eigenvalue weighted by Gasteiger charge is -2.36. The monoisotopic (exact) mass is 442 g/mol. The summed E-state index contributed by atoms with van der Waals surface area (Å²) < 4.78 is 73.6. The van der Waals surface area contributed by atoms with E-state index in [4.69, 9.17) is 4.74 Å². The molecule has 0 aliphatic carbocycles. The van der Waals surface area contributed by atoms with E-state index >= 15 is 0 Å². The van der Waals surface area contributed by atoms with Gasteiger partial charge in [-0.2, -0.15) is 0 Å². The highest BCUT2D eigenvalue weighted by Gasteiger charge is 2.31. The third-order valence-electron chi connectivity index (χ3n) is 5.56. The van der Waals surface area contributed by atoms with Crippen LogP contribution in [0.25, 0.3) is 0 Å². The van der Waals surface area contributed by atoms with Crippen LogP contribution in [-0.4, -0.2) is 43.6 Å². The zero-order valence-corrected chi connectivity index (χ0v) is 17.2. The fraction of sp³-hybridized carbons (Fsp3) is 0.409. The molecule has 3 rings (SSSR count). The van der Waals surface area contributed by atoms with Gasteiger partial charge in [0, 0.05) is 26.2 Å². The normalized spacial score (nSPS) is 15.2. The van der Waals surface area contributed by atoms with Gasteiger partial charge in [0.1, 0.15) is 11.4 Å². The predicted molar refractivity (Wildman–Crippen MR) is 106 cm³/mol. The second kappa shape index (κ2) is 9.53. The van der Waals surface area contributed by atoms with Crippen LogP contribution in [0.4, 0.5) is 27.6 Å². The Kier molecular flexibility index (Phi) is 7.02. The number of piperazine rings is 1. The number of rotatable bonds is 6. The van der Waals surface area contributed by atoms with Gasteiger partial charge in [0.15, 0.2) is 29.9 Å². The van der Waals surface area contributed by atoms with Crippen molar-refractivity contribution in [1.82, 2.24) is 4.90 Å². The van der Waals surface area contributed by atoms with Crippen molar-refractivity contribution in [3.63, 3.8) is 0 Å². The molecular weight excluding hydrogens is 419 g/mol. The fourth-order valence-electron chi connectivity index (χ4n) is 3.42. The average molecular weight is 442 g/mol. The lowest BCUT2D eigenvalue weighted by atomic mass is 9.99. The summed E-state index contributed by atoms with van der Waals surface area (Å²) >= 11 is 0. The van der Waals surface area contributed by atoms with Crippen molar-refractivity contribution in [1.29, 1.82) is 0 Å². The van der Waals surface area contributed by atoms with Crippen LogP contribution < -0.4 is 9.64 Å². The Morgan fingerprint density at radius 3 is 1.94 bits per heavy atom. The Hall–Kier alpha value is -2.84. The molecule has 2 aromatic carbocycles. The van der Waals surface area contributed by atoms with Crippen LogP contribution in [0.2, 0.25) is 0 Å². The number of hydrogen-bond acceptors (Lipinski definition) is 3. The molecule has 1 aliphatic rings. The Bertz CT molecular complexity index is 915. The van der Waals surface area contributed by atoms with Gasteiger partial charge in [0.25, 0.3) is 5.91 Å². The molecule has 4 nitrogen and oxygen atoms in total. The number of amides is 1. The number of hydrogen-bond donors (Lipinski definition) is 0. The molecule has 168 valence electrons. The molecule has 1 unspecified atom stereocenters. The molecule has 9 heteroatoms. The maximum absolute atomic E-state index is 14.0. The fourth-order valence-corrected chi connectivity index (χ4v) is 3.42. The van der Waals surface area contributed by atoms with E-state index in [9.17, 15) is 26.7 Å². The largest absolute Gasteiger partial charge is 0.484 e. The summed E-state index contributed by atoms with van der Waals surface area (Å²) in [4.78, 5) is 14.9. The van der Waals surface area contributed by atoms with E-state index in [1.165, 1.54) is 10.5 Å². The van der Waals surface area contributed by atoms with Crippen LogP contribution in [0.15, 0.2) is 24.3 Å². The maximum atomic E-state index is 14.0. The SMILES string of the molecule is CCC(C)c1ccc(OCC(=O)N2CCN(c3c(F)c(F)c(F)c(F)c3F)CC2)cc1. The van der Waals surface area contributed by atoms with Crippen molar-refractivity contribution in [2.45, 2.75) is 26.2 Å². The topological polar surface area (TPSA) is 32.8 Å². The highest BCUT2D eigenvalue weighted by Crippen LogP contribution is 2.31. The number of halogens is 5. The standard InChI is InChI=1S/C22H23F5N2O2/c1-3-13(2)14-4-6-15(7-5-14)31-12-16(30)28-8-10-29(11-9-28)22-20(26)18(24)17(23)19(25)21(22)27/h4-7,13H,3,8-12H2,1-2H3. The molecule has 0 aromatic heterocycles. The lowest BCUT2D eigenvalue weighted by Crippen LogP contribution is -2.50. The summed E-state index contributed by atoms with van der Waals surface area (Å²) in [5.41, 5.74) is 0.201. The van der Waals surface area contributed by atoms with E-state index in [-0.39, 0.29) is 38.7 Å². The molecule has 2 aromatic rings. The van der Waals surface area contributed by atoms with Crippen molar-refractivity contribution in [3.05, 3.63) is 58.9 Å². The molecule has 0 saturated carbocycles. The number of carbonyl (C=O) groups is 1. The van der Waals surface area contributed by atoms with Gasteiger partial charge in [-0.05, 0) is 30.0 Å². The van der Waals surface area contributed by atoms with Crippen molar-refractivity contribution in [2.24, 2.45) is 0 Å². The van der Waals surface area contributed by atoms with Gasteiger partial charge >= 0.3 is 0 Å². The molecule has 0 bridgehead atoms. The quantitative estimate of drug-likeness (QED) is 0.372. The second-order valence-corrected chi connectivity index (χ2v) is 7.45. The van der Waals surface area contributed by atoms with Crippen molar-refractivity contribution >= 4 is 11.6 Å². The summed E-state index contributed by atoms with van der Waals surface area (Å²) in [6.07, 6.45) is 1.01. The molecule has 1 atom stereocenters. The molecule has 0 spiro atoms. The highest BCUT2D eigenvalue weighted by molar-refractivity contribution is 5.78. The minimum absolute atomic E-state index is 0.0641. The summed E-state index contributed by atoms with van der Waals surface area (Å²) in [6, 6.07) is 7.46. The zero-order chi connectivity index (χ0) is 22.7. The van der Waals surface area contributed by atoms with E-state index in [1.54, 1.807) is 12.1 Å². The first-order valence-corrected chi connectivity index (χ1v) is 10.0. The average Bonchev–Trinajstić information content (AvgIpc) is 2.80. The minimum Gasteiger partial charge on any atom is -0.484 e. The number of anilines is 1. The third-order valence-corrected chi connectivity index (χ3v) is 5.56.